The zero-order valence-electron chi connectivity index (χ0n) is 19.3. The number of likely N-dealkylation sites (tertiary alicyclic amines) is 1. The highest BCUT2D eigenvalue weighted by Crippen LogP contribution is 2.20. The van der Waals surface area contributed by atoms with Gasteiger partial charge in [0.15, 0.2) is 0 Å². The van der Waals surface area contributed by atoms with E-state index in [9.17, 15) is 19.2 Å². The zero-order chi connectivity index (χ0) is 23.7. The fourth-order valence-electron chi connectivity index (χ4n) is 3.39. The molecule has 9 nitrogen and oxygen atoms in total. The van der Waals surface area contributed by atoms with Crippen molar-refractivity contribution in [1.82, 2.24) is 15.5 Å². The van der Waals surface area contributed by atoms with Crippen LogP contribution in [0.25, 0.3) is 0 Å². The molecule has 0 saturated carbocycles. The van der Waals surface area contributed by atoms with Crippen LogP contribution in [-0.2, 0) is 14.3 Å². The number of alkyl carbamates (subject to hydrolysis) is 1. The molecule has 3 N–H and O–H groups in total. The summed E-state index contributed by atoms with van der Waals surface area (Å²) in [6, 6.07) is 6.92. The Bertz CT molecular complexity index is 826. The lowest BCUT2D eigenvalue weighted by Crippen LogP contribution is -2.42. The predicted molar refractivity (Wildman–Crippen MR) is 121 cm³/mol. The van der Waals surface area contributed by atoms with E-state index in [0.717, 1.165) is 12.8 Å². The third-order valence-corrected chi connectivity index (χ3v) is 4.94. The van der Waals surface area contributed by atoms with E-state index < -0.39 is 11.7 Å². The monoisotopic (exact) mass is 446 g/mol. The lowest BCUT2D eigenvalue weighted by molar-refractivity contribution is -0.121. The van der Waals surface area contributed by atoms with Gasteiger partial charge in [0, 0.05) is 50.8 Å². The highest BCUT2D eigenvalue weighted by molar-refractivity contribution is 5.96. The topological polar surface area (TPSA) is 117 Å². The van der Waals surface area contributed by atoms with Crippen LogP contribution in [0.1, 0.15) is 57.3 Å². The summed E-state index contributed by atoms with van der Waals surface area (Å²) in [6.45, 7) is 8.75. The Labute approximate surface area is 189 Å². The molecule has 0 aromatic heterocycles. The number of amides is 4. The quantitative estimate of drug-likeness (QED) is 0.595. The number of nitrogens with one attached hydrogen (secondary N) is 3. The summed E-state index contributed by atoms with van der Waals surface area (Å²) in [7, 11) is 0. The molecule has 0 radical (unpaired) electrons. The molecule has 0 unspecified atom stereocenters. The molecule has 1 heterocycles. The van der Waals surface area contributed by atoms with Crippen molar-refractivity contribution in [2.24, 2.45) is 5.92 Å². The van der Waals surface area contributed by atoms with Gasteiger partial charge < -0.3 is 25.6 Å². The van der Waals surface area contributed by atoms with Crippen LogP contribution in [0, 0.1) is 5.92 Å². The maximum atomic E-state index is 12.8. The Morgan fingerprint density at radius 1 is 1.09 bits per heavy atom. The lowest BCUT2D eigenvalue weighted by atomic mass is 9.96. The van der Waals surface area contributed by atoms with Crippen molar-refractivity contribution in [2.45, 2.75) is 52.6 Å². The van der Waals surface area contributed by atoms with Crippen molar-refractivity contribution in [3.8, 4) is 0 Å². The number of anilines is 1. The van der Waals surface area contributed by atoms with Gasteiger partial charge in [-0.3, -0.25) is 14.4 Å². The number of nitrogens with zero attached hydrogens (tertiary/aromatic N) is 1. The van der Waals surface area contributed by atoms with E-state index in [2.05, 4.69) is 16.0 Å². The van der Waals surface area contributed by atoms with Crippen LogP contribution in [0.2, 0.25) is 0 Å². The van der Waals surface area contributed by atoms with Crippen LogP contribution in [0.15, 0.2) is 24.3 Å². The minimum atomic E-state index is -0.573. The number of rotatable bonds is 7. The van der Waals surface area contributed by atoms with Crippen LogP contribution in [0.4, 0.5) is 10.5 Å². The second kappa shape index (κ2) is 11.5. The molecular formula is C23H34N4O5. The molecule has 9 heteroatoms. The molecule has 1 saturated heterocycles. The molecule has 0 aliphatic carbocycles. The number of piperidine rings is 1. The first-order chi connectivity index (χ1) is 15.0. The van der Waals surface area contributed by atoms with E-state index >= 15 is 0 Å². The zero-order valence-corrected chi connectivity index (χ0v) is 19.3. The number of carbonyl (C=O) groups is 4. The molecule has 1 aromatic carbocycles. The molecule has 0 bridgehead atoms. The van der Waals surface area contributed by atoms with Crippen molar-refractivity contribution >= 4 is 29.5 Å². The van der Waals surface area contributed by atoms with Gasteiger partial charge in [0.2, 0.25) is 11.8 Å². The van der Waals surface area contributed by atoms with E-state index in [1.165, 1.54) is 6.92 Å². The van der Waals surface area contributed by atoms with Crippen LogP contribution < -0.4 is 16.0 Å². The van der Waals surface area contributed by atoms with Crippen molar-refractivity contribution in [3.63, 3.8) is 0 Å². The Morgan fingerprint density at radius 2 is 1.78 bits per heavy atom. The first-order valence-corrected chi connectivity index (χ1v) is 10.9. The molecule has 0 spiro atoms. The van der Waals surface area contributed by atoms with Crippen molar-refractivity contribution in [3.05, 3.63) is 29.8 Å². The van der Waals surface area contributed by atoms with Gasteiger partial charge in [0.05, 0.1) is 0 Å². The van der Waals surface area contributed by atoms with Gasteiger partial charge in [-0.05, 0) is 57.7 Å². The molecule has 0 atom stereocenters. The van der Waals surface area contributed by atoms with E-state index in [1.54, 1.807) is 49.9 Å². The Hall–Kier alpha value is -3.10. The average Bonchev–Trinajstić information content (AvgIpc) is 2.70. The SMILES string of the molecule is CC(=O)Nc1cccc(C(=O)N2CCC(CNC(=O)CCNC(=O)OC(C)(C)C)CC2)c1. The van der Waals surface area contributed by atoms with Crippen LogP contribution in [-0.4, -0.2) is 60.5 Å². The van der Waals surface area contributed by atoms with E-state index in [-0.39, 0.29) is 30.7 Å². The second-order valence-corrected chi connectivity index (χ2v) is 8.98. The average molecular weight is 447 g/mol. The molecular weight excluding hydrogens is 412 g/mol. The maximum absolute atomic E-state index is 12.8. The van der Waals surface area contributed by atoms with Gasteiger partial charge in [-0.25, -0.2) is 4.79 Å². The predicted octanol–water partition coefficient (Wildman–Crippen LogP) is 2.53. The smallest absolute Gasteiger partial charge is 0.407 e. The molecule has 1 aliphatic rings. The lowest BCUT2D eigenvalue weighted by Gasteiger charge is -2.32. The summed E-state index contributed by atoms with van der Waals surface area (Å²) >= 11 is 0. The van der Waals surface area contributed by atoms with Gasteiger partial charge in [0.1, 0.15) is 5.60 Å². The number of carbonyl (C=O) groups excluding carboxylic acids is 4. The normalized spacial score (nSPS) is 14.4. The fourth-order valence-corrected chi connectivity index (χ4v) is 3.39. The molecule has 1 aromatic rings. The number of benzene rings is 1. The Balaban J connectivity index is 1.68. The van der Waals surface area contributed by atoms with E-state index in [0.29, 0.717) is 36.8 Å². The Kier molecular flexibility index (Phi) is 9.04. The van der Waals surface area contributed by atoms with Gasteiger partial charge in [-0.2, -0.15) is 0 Å². The van der Waals surface area contributed by atoms with Crippen molar-refractivity contribution in [2.75, 3.05) is 31.5 Å². The van der Waals surface area contributed by atoms with Gasteiger partial charge >= 0.3 is 6.09 Å². The summed E-state index contributed by atoms with van der Waals surface area (Å²) in [6.07, 6.45) is 1.24. The second-order valence-electron chi connectivity index (χ2n) is 8.98. The molecule has 176 valence electrons. The largest absolute Gasteiger partial charge is 0.444 e. The molecule has 4 amide bonds. The van der Waals surface area contributed by atoms with Crippen molar-refractivity contribution < 1.29 is 23.9 Å². The third-order valence-electron chi connectivity index (χ3n) is 4.94. The van der Waals surface area contributed by atoms with Gasteiger partial charge in [-0.1, -0.05) is 6.07 Å². The summed E-state index contributed by atoms with van der Waals surface area (Å²) in [5, 5.41) is 8.16. The minimum absolute atomic E-state index is 0.0621. The van der Waals surface area contributed by atoms with Gasteiger partial charge in [-0.15, -0.1) is 0 Å². The number of hydrogen-bond donors (Lipinski definition) is 3. The van der Waals surface area contributed by atoms with E-state index in [4.69, 9.17) is 4.74 Å². The molecule has 32 heavy (non-hydrogen) atoms. The summed E-state index contributed by atoms with van der Waals surface area (Å²) in [5.41, 5.74) is 0.569. The Morgan fingerprint density at radius 3 is 2.41 bits per heavy atom. The standard InChI is InChI=1S/C23H34N4O5/c1-16(28)26-19-7-5-6-18(14-19)21(30)27-12-9-17(10-13-27)15-25-20(29)8-11-24-22(31)32-23(2,3)4/h5-7,14,17H,8-13,15H2,1-4H3,(H,24,31)(H,25,29)(H,26,28). The van der Waals surface area contributed by atoms with Gasteiger partial charge in [0.25, 0.3) is 5.91 Å². The number of ether oxygens (including phenoxy) is 1. The van der Waals surface area contributed by atoms with Crippen molar-refractivity contribution in [1.29, 1.82) is 0 Å². The van der Waals surface area contributed by atoms with Crippen LogP contribution >= 0.6 is 0 Å². The summed E-state index contributed by atoms with van der Waals surface area (Å²) < 4.78 is 5.13. The third kappa shape index (κ3) is 8.95. The van der Waals surface area contributed by atoms with Crippen LogP contribution in [0.3, 0.4) is 0 Å². The molecule has 1 fully saturated rings. The first kappa shape index (κ1) is 25.2. The highest BCUT2D eigenvalue weighted by Gasteiger charge is 2.24. The number of hydrogen-bond acceptors (Lipinski definition) is 5. The highest BCUT2D eigenvalue weighted by atomic mass is 16.6. The fraction of sp³-hybridized carbons (Fsp3) is 0.565. The summed E-state index contributed by atoms with van der Waals surface area (Å²) in [5.74, 6) is -0.0760. The first-order valence-electron chi connectivity index (χ1n) is 10.9. The summed E-state index contributed by atoms with van der Waals surface area (Å²) in [4.78, 5) is 49.4. The minimum Gasteiger partial charge on any atom is -0.444 e. The van der Waals surface area contributed by atoms with Crippen LogP contribution in [0.5, 0.6) is 0 Å². The maximum Gasteiger partial charge on any atom is 0.407 e. The molecule has 1 aliphatic heterocycles. The van der Waals surface area contributed by atoms with E-state index in [1.807, 2.05) is 0 Å². The molecule has 2 rings (SSSR count).